The number of hydrogen-bond donors (Lipinski definition) is 0. The van der Waals surface area contributed by atoms with Crippen molar-refractivity contribution in [2.75, 3.05) is 0 Å². The van der Waals surface area contributed by atoms with Gasteiger partial charge >= 0.3 is 17.5 Å². The van der Waals surface area contributed by atoms with Crippen LogP contribution in [0.1, 0.15) is 68.1 Å². The minimum atomic E-state index is -2.54. The number of nitrogens with zero attached hydrogens (tertiary/aromatic N) is 2. The van der Waals surface area contributed by atoms with E-state index in [0.717, 1.165) is 22.7 Å². The van der Waals surface area contributed by atoms with E-state index in [-0.39, 0.29) is 35.7 Å². The number of fused-ring (bicyclic) bond motifs is 9. The lowest BCUT2D eigenvalue weighted by Gasteiger charge is -2.33. The Morgan fingerprint density at radius 2 is 0.935 bits per heavy atom. The van der Waals surface area contributed by atoms with Gasteiger partial charge in [-0.25, -0.2) is 19.6 Å². The number of carbonyl (C=O) groups excluding carboxylic acids is 6. The molecule has 0 saturated carbocycles. The maximum Gasteiger partial charge on any atom is 0.367 e. The number of thiazole rings is 2. The molecule has 1 aliphatic heterocycles. The monoisotopic (exact) mass is 888 g/mol. The van der Waals surface area contributed by atoms with Gasteiger partial charge in [0.05, 0.1) is 31.2 Å². The zero-order valence-electron chi connectivity index (χ0n) is 31.7. The van der Waals surface area contributed by atoms with Gasteiger partial charge in [-0.1, -0.05) is 109 Å². The number of allylic oxidation sites excluding steroid dienone is 2. The molecule has 0 saturated heterocycles. The van der Waals surface area contributed by atoms with Crippen LogP contribution in [0, 0.1) is 0 Å². The third-order valence-corrected chi connectivity index (χ3v) is 15.2. The number of esters is 2. The Labute approximate surface area is 366 Å². The maximum absolute atomic E-state index is 15.0. The molecule has 11 rings (SSSR count). The Bertz CT molecular complexity index is 3220. The molecule has 0 radical (unpaired) electrons. The number of ether oxygens (including phenoxy) is 3. The molecule has 3 aliphatic rings. The van der Waals surface area contributed by atoms with Crippen molar-refractivity contribution in [2.24, 2.45) is 0 Å². The lowest BCUT2D eigenvalue weighted by molar-refractivity contribution is -0.183. The number of carbonyl (C=O) groups is 6. The second-order valence-corrected chi connectivity index (χ2v) is 18.4. The predicted molar refractivity (Wildman–Crippen MR) is 235 cm³/mol. The first-order valence-corrected chi connectivity index (χ1v) is 22.2. The van der Waals surface area contributed by atoms with Crippen molar-refractivity contribution in [3.63, 3.8) is 0 Å². The summed E-state index contributed by atoms with van der Waals surface area (Å²) in [5.41, 5.74) is 0.132. The molecule has 62 heavy (non-hydrogen) atoms. The van der Waals surface area contributed by atoms with Crippen molar-refractivity contribution in [1.29, 1.82) is 0 Å². The molecule has 0 bridgehead atoms. The summed E-state index contributed by atoms with van der Waals surface area (Å²) in [5, 5.41) is 0.653. The van der Waals surface area contributed by atoms with E-state index in [4.69, 9.17) is 24.2 Å². The van der Waals surface area contributed by atoms with Gasteiger partial charge in [-0.2, -0.15) is 0 Å². The normalized spacial score (nSPS) is 14.7. The Balaban J connectivity index is 1.07. The summed E-state index contributed by atoms with van der Waals surface area (Å²) in [5.74, 6) is -3.55. The molecule has 0 fully saturated rings. The number of ketones is 4. The lowest BCUT2D eigenvalue weighted by atomic mass is 9.91. The molecule has 0 amide bonds. The fourth-order valence-corrected chi connectivity index (χ4v) is 12.6. The van der Waals surface area contributed by atoms with E-state index in [1.807, 2.05) is 12.1 Å². The average Bonchev–Trinajstić information content (AvgIpc) is 4.13. The largest absolute Gasteiger partial charge is 0.457 e. The van der Waals surface area contributed by atoms with Gasteiger partial charge in [0.1, 0.15) is 37.6 Å². The summed E-state index contributed by atoms with van der Waals surface area (Å²) in [4.78, 5) is 94.8. The zero-order valence-corrected chi connectivity index (χ0v) is 34.9. The first-order chi connectivity index (χ1) is 30.2. The summed E-state index contributed by atoms with van der Waals surface area (Å²) in [7, 11) is 0. The number of benzene rings is 4. The Kier molecular flexibility index (Phi) is 8.90. The number of rotatable bonds is 8. The van der Waals surface area contributed by atoms with Crippen LogP contribution in [0.3, 0.4) is 0 Å². The van der Waals surface area contributed by atoms with E-state index in [2.05, 4.69) is 0 Å². The van der Waals surface area contributed by atoms with E-state index >= 15 is 0 Å². The lowest BCUT2D eigenvalue weighted by Crippen LogP contribution is -2.52. The van der Waals surface area contributed by atoms with Crippen molar-refractivity contribution in [3.05, 3.63) is 169 Å². The van der Waals surface area contributed by atoms with Crippen LogP contribution in [0.5, 0.6) is 5.75 Å². The molecular formula is C47H24N2O9S4. The first kappa shape index (κ1) is 37.9. The highest BCUT2D eigenvalue weighted by Gasteiger charge is 2.60. The Morgan fingerprint density at radius 3 is 1.40 bits per heavy atom. The molecule has 300 valence electrons. The number of Topliss-reactive ketones (excluding diaryl/α,β-unsaturated/α-hetero) is 4. The Hall–Kier alpha value is -7.04. The SMILES string of the molecule is O=C1C(=Cc2nc3sc4c(c3s2)OC(C(=O)OCc2ccccc2)(C(=O)OCc2ccccc2)c2c-4sc3nc(C=C4C(=O)c5ccccc5C4=O)sc23)C(=O)c2ccccc21. The van der Waals surface area contributed by atoms with E-state index in [9.17, 15) is 28.8 Å². The van der Waals surface area contributed by atoms with Crippen LogP contribution in [0.4, 0.5) is 0 Å². The number of thiophene rings is 2. The van der Waals surface area contributed by atoms with Crippen LogP contribution in [-0.2, 0) is 37.9 Å². The topological polar surface area (TPSA) is 156 Å². The standard InChI is InChI=1S/C47H24N2O9S4/c50-34-25-15-7-8-16-26(25)35(51)29(34)19-31-48-43-40(59-31)33-39(61-43)41-38(42-44(62-41)49-32(60-42)20-30-36(52)27-17-9-10-18-28(27)37(30)53)58-47(33,45(54)56-21-23-11-3-1-4-12-23)46(55)57-22-24-13-5-2-6-14-24/h1-20H,21-22H2. The summed E-state index contributed by atoms with van der Waals surface area (Å²) in [6.45, 7) is -0.391. The van der Waals surface area contributed by atoms with Gasteiger partial charge in [0.15, 0.2) is 28.9 Å². The van der Waals surface area contributed by atoms with Crippen LogP contribution in [0.25, 0.3) is 41.0 Å². The number of hydrogen-bond acceptors (Lipinski definition) is 15. The van der Waals surface area contributed by atoms with Crippen molar-refractivity contribution in [2.45, 2.75) is 18.8 Å². The van der Waals surface area contributed by atoms with Crippen LogP contribution in [0.2, 0.25) is 0 Å². The third kappa shape index (κ3) is 5.88. The van der Waals surface area contributed by atoms with Gasteiger partial charge in [-0.3, -0.25) is 19.2 Å². The molecule has 4 aromatic heterocycles. The average molecular weight is 889 g/mol. The summed E-state index contributed by atoms with van der Waals surface area (Å²) >= 11 is 4.70. The van der Waals surface area contributed by atoms with Crippen LogP contribution in [-0.4, -0.2) is 45.0 Å². The fourth-order valence-electron chi connectivity index (χ4n) is 7.70. The van der Waals surface area contributed by atoms with Gasteiger partial charge in [-0.15, -0.1) is 45.3 Å². The van der Waals surface area contributed by atoms with Gasteiger partial charge in [0.2, 0.25) is 0 Å². The molecule has 8 aromatic rings. The fraction of sp³-hybridized carbons (Fsp3) is 0.0638. The highest BCUT2D eigenvalue weighted by Crippen LogP contribution is 2.60. The second kappa shape index (κ2) is 14.6. The van der Waals surface area contributed by atoms with Crippen molar-refractivity contribution >= 4 is 112 Å². The first-order valence-electron chi connectivity index (χ1n) is 19.0. The van der Waals surface area contributed by atoms with Gasteiger partial charge in [0.25, 0.3) is 0 Å². The van der Waals surface area contributed by atoms with Crippen molar-refractivity contribution in [1.82, 2.24) is 9.97 Å². The molecule has 4 aromatic carbocycles. The summed E-state index contributed by atoms with van der Waals surface area (Å²) < 4.78 is 19.6. The summed E-state index contributed by atoms with van der Waals surface area (Å²) in [6.07, 6.45) is 2.89. The van der Waals surface area contributed by atoms with E-state index in [0.29, 0.717) is 72.2 Å². The molecular weight excluding hydrogens is 865 g/mol. The smallest absolute Gasteiger partial charge is 0.367 e. The minimum absolute atomic E-state index is 0.0202. The molecule has 0 unspecified atom stereocenters. The van der Waals surface area contributed by atoms with Crippen LogP contribution in [0.15, 0.2) is 120 Å². The van der Waals surface area contributed by atoms with E-state index < -0.39 is 40.7 Å². The highest BCUT2D eigenvalue weighted by atomic mass is 32.1. The zero-order chi connectivity index (χ0) is 42.3. The predicted octanol–water partition coefficient (Wildman–Crippen LogP) is 9.70. The highest BCUT2D eigenvalue weighted by molar-refractivity contribution is 7.34. The maximum atomic E-state index is 15.0. The van der Waals surface area contributed by atoms with E-state index in [1.165, 1.54) is 34.8 Å². The molecule has 11 nitrogen and oxygen atoms in total. The molecule has 15 heteroatoms. The second-order valence-electron chi connectivity index (χ2n) is 14.4. The molecule has 0 atom stereocenters. The molecule has 5 heterocycles. The molecule has 2 aliphatic carbocycles. The minimum Gasteiger partial charge on any atom is -0.457 e. The van der Waals surface area contributed by atoms with Crippen LogP contribution < -0.4 is 4.74 Å². The third-order valence-electron chi connectivity index (χ3n) is 10.6. The van der Waals surface area contributed by atoms with E-state index in [1.54, 1.807) is 97.1 Å². The summed E-state index contributed by atoms with van der Waals surface area (Å²) in [6, 6.07) is 31.2. The number of aromatic nitrogens is 2. The van der Waals surface area contributed by atoms with Crippen molar-refractivity contribution < 1.29 is 43.0 Å². The molecule has 0 N–H and O–H groups in total. The van der Waals surface area contributed by atoms with Gasteiger partial charge in [0, 0.05) is 22.3 Å². The van der Waals surface area contributed by atoms with Crippen LogP contribution >= 0.6 is 45.3 Å². The Morgan fingerprint density at radius 1 is 0.532 bits per heavy atom. The quantitative estimate of drug-likeness (QED) is 0.0620. The van der Waals surface area contributed by atoms with Gasteiger partial charge < -0.3 is 14.2 Å². The van der Waals surface area contributed by atoms with Gasteiger partial charge in [-0.05, 0) is 23.3 Å². The van der Waals surface area contributed by atoms with Crippen molar-refractivity contribution in [3.8, 4) is 15.5 Å². The molecule has 0 spiro atoms.